The molecule has 8 heteroatoms. The molecule has 1 saturated heterocycles. The quantitative estimate of drug-likeness (QED) is 0.799. The van der Waals surface area contributed by atoms with Crippen LogP contribution in [-0.4, -0.2) is 60.5 Å². The van der Waals surface area contributed by atoms with Gasteiger partial charge < -0.3 is 10.2 Å². The summed E-state index contributed by atoms with van der Waals surface area (Å²) in [5, 5.41) is 2.94. The van der Waals surface area contributed by atoms with Gasteiger partial charge >= 0.3 is 6.18 Å². The normalized spacial score (nSPS) is 23.3. The lowest BCUT2D eigenvalue weighted by Crippen LogP contribution is -2.52. The van der Waals surface area contributed by atoms with E-state index in [1.165, 1.54) is 0 Å². The highest BCUT2D eigenvalue weighted by Crippen LogP contribution is 2.40. The van der Waals surface area contributed by atoms with E-state index in [-0.39, 0.29) is 31.2 Å². The third-order valence-corrected chi connectivity index (χ3v) is 6.42. The topological polar surface area (TPSA) is 52.7 Å². The Balaban J connectivity index is 1.47. The van der Waals surface area contributed by atoms with Crippen molar-refractivity contribution in [3.8, 4) is 0 Å². The molecule has 1 heterocycles. The number of amides is 2. The van der Waals surface area contributed by atoms with Gasteiger partial charge in [0.15, 0.2) is 0 Å². The zero-order valence-electron chi connectivity index (χ0n) is 17.6. The second-order valence-corrected chi connectivity index (χ2v) is 8.50. The summed E-state index contributed by atoms with van der Waals surface area (Å²) >= 11 is 0. The van der Waals surface area contributed by atoms with Crippen LogP contribution in [0.1, 0.15) is 36.8 Å². The van der Waals surface area contributed by atoms with E-state index in [0.29, 0.717) is 39.0 Å². The summed E-state index contributed by atoms with van der Waals surface area (Å²) in [7, 11) is 0. The van der Waals surface area contributed by atoms with Crippen molar-refractivity contribution in [2.24, 2.45) is 11.8 Å². The molecule has 1 aliphatic carbocycles. The number of hydrogen-bond donors (Lipinski definition) is 1. The summed E-state index contributed by atoms with van der Waals surface area (Å²) in [4.78, 5) is 28.8. The second-order valence-electron chi connectivity index (χ2n) is 8.50. The fourth-order valence-corrected chi connectivity index (χ4v) is 4.38. The van der Waals surface area contributed by atoms with Gasteiger partial charge in [-0.25, -0.2) is 0 Å². The van der Waals surface area contributed by atoms with Crippen LogP contribution in [0.15, 0.2) is 18.2 Å². The van der Waals surface area contributed by atoms with Crippen molar-refractivity contribution in [1.82, 2.24) is 9.80 Å². The molecule has 5 nitrogen and oxygen atoms in total. The molecule has 2 fully saturated rings. The fraction of sp³-hybridized carbons (Fsp3) is 0.636. The van der Waals surface area contributed by atoms with Crippen LogP contribution >= 0.6 is 0 Å². The maximum absolute atomic E-state index is 13.0. The molecule has 1 N–H and O–H groups in total. The third-order valence-electron chi connectivity index (χ3n) is 6.42. The molecule has 1 aromatic carbocycles. The second kappa shape index (κ2) is 9.37. The standard InChI is InChI=1S/C22H30F3N3O2/c1-15-5-3-8-19(16(15)2)26-20(29)14-27-9-11-28(12-10-27)21(30)17-6-4-7-18(13-17)22(23,24)25/h3,5,8,17-18H,4,6-7,9-14H2,1-2H3,(H,26,29). The van der Waals surface area contributed by atoms with Crippen molar-refractivity contribution in [2.45, 2.75) is 45.7 Å². The van der Waals surface area contributed by atoms with Gasteiger partial charge in [0.25, 0.3) is 0 Å². The SMILES string of the molecule is Cc1cccc(NC(=O)CN2CCN(C(=O)C3CCCC(C(F)(F)F)C3)CC2)c1C. The highest BCUT2D eigenvalue weighted by atomic mass is 19.4. The van der Waals surface area contributed by atoms with Crippen molar-refractivity contribution in [3.63, 3.8) is 0 Å². The molecule has 0 bridgehead atoms. The van der Waals surface area contributed by atoms with Gasteiger partial charge in [0.05, 0.1) is 12.5 Å². The number of piperazine rings is 1. The number of carbonyl (C=O) groups excluding carboxylic acids is 2. The first-order valence-corrected chi connectivity index (χ1v) is 10.6. The van der Waals surface area contributed by atoms with Crippen LogP contribution in [0.5, 0.6) is 0 Å². The van der Waals surface area contributed by atoms with Crippen molar-refractivity contribution in [3.05, 3.63) is 29.3 Å². The Labute approximate surface area is 175 Å². The molecule has 1 aliphatic heterocycles. The van der Waals surface area contributed by atoms with Gasteiger partial charge in [-0.05, 0) is 50.3 Å². The van der Waals surface area contributed by atoms with E-state index in [0.717, 1.165) is 16.8 Å². The van der Waals surface area contributed by atoms with E-state index in [9.17, 15) is 22.8 Å². The summed E-state index contributed by atoms with van der Waals surface area (Å²) in [5.41, 5.74) is 2.94. The van der Waals surface area contributed by atoms with Crippen LogP contribution in [0.3, 0.4) is 0 Å². The lowest BCUT2D eigenvalue weighted by Gasteiger charge is -2.38. The lowest BCUT2D eigenvalue weighted by molar-refractivity contribution is -0.187. The summed E-state index contributed by atoms with van der Waals surface area (Å²) < 4.78 is 39.1. The molecule has 166 valence electrons. The molecule has 2 aliphatic rings. The number of nitrogens with zero attached hydrogens (tertiary/aromatic N) is 2. The van der Waals surface area contributed by atoms with Gasteiger partial charge in [-0.2, -0.15) is 13.2 Å². The number of hydrogen-bond acceptors (Lipinski definition) is 3. The van der Waals surface area contributed by atoms with Crippen molar-refractivity contribution < 1.29 is 22.8 Å². The highest BCUT2D eigenvalue weighted by molar-refractivity contribution is 5.93. The average molecular weight is 425 g/mol. The number of halogens is 3. The lowest BCUT2D eigenvalue weighted by atomic mass is 9.80. The predicted molar refractivity (Wildman–Crippen MR) is 109 cm³/mol. The van der Waals surface area contributed by atoms with Crippen LogP contribution in [0.4, 0.5) is 18.9 Å². The summed E-state index contributed by atoms with van der Waals surface area (Å²) in [6.45, 7) is 6.16. The minimum atomic E-state index is -4.22. The smallest absolute Gasteiger partial charge is 0.340 e. The van der Waals surface area contributed by atoms with Crippen LogP contribution in [-0.2, 0) is 9.59 Å². The van der Waals surface area contributed by atoms with E-state index >= 15 is 0 Å². The minimum absolute atomic E-state index is 0.0964. The third kappa shape index (κ3) is 5.53. The van der Waals surface area contributed by atoms with Crippen LogP contribution in [0.2, 0.25) is 0 Å². The Hall–Kier alpha value is -2.09. The van der Waals surface area contributed by atoms with E-state index in [1.54, 1.807) is 4.90 Å². The Bertz CT molecular complexity index is 773. The molecule has 3 rings (SSSR count). The molecule has 2 atom stereocenters. The van der Waals surface area contributed by atoms with Gasteiger partial charge in [0, 0.05) is 37.8 Å². The van der Waals surface area contributed by atoms with Crippen LogP contribution in [0, 0.1) is 25.7 Å². The number of benzene rings is 1. The van der Waals surface area contributed by atoms with E-state index in [4.69, 9.17) is 0 Å². The Kier molecular flexibility index (Phi) is 7.06. The molecular weight excluding hydrogens is 395 g/mol. The molecule has 2 amide bonds. The molecule has 1 aromatic rings. The largest absolute Gasteiger partial charge is 0.391 e. The Morgan fingerprint density at radius 2 is 1.80 bits per heavy atom. The van der Waals surface area contributed by atoms with Crippen molar-refractivity contribution in [2.75, 3.05) is 38.0 Å². The molecule has 0 aromatic heterocycles. The monoisotopic (exact) mass is 425 g/mol. The molecule has 0 spiro atoms. The maximum Gasteiger partial charge on any atom is 0.391 e. The predicted octanol–water partition coefficient (Wildman–Crippen LogP) is 3.75. The number of alkyl halides is 3. The number of rotatable bonds is 4. The zero-order valence-corrected chi connectivity index (χ0v) is 17.6. The van der Waals surface area contributed by atoms with Gasteiger partial charge in [0.2, 0.25) is 11.8 Å². The van der Waals surface area contributed by atoms with E-state index in [2.05, 4.69) is 5.32 Å². The fourth-order valence-electron chi connectivity index (χ4n) is 4.38. The number of anilines is 1. The minimum Gasteiger partial charge on any atom is -0.340 e. The summed E-state index contributed by atoms with van der Waals surface area (Å²) in [6.07, 6.45) is -3.22. The maximum atomic E-state index is 13.0. The summed E-state index contributed by atoms with van der Waals surface area (Å²) in [5.74, 6) is -2.17. The van der Waals surface area contributed by atoms with Gasteiger partial charge in [0.1, 0.15) is 0 Å². The molecular formula is C22H30F3N3O2. The first-order valence-electron chi connectivity index (χ1n) is 10.6. The Morgan fingerprint density at radius 3 is 2.47 bits per heavy atom. The van der Waals surface area contributed by atoms with Crippen molar-refractivity contribution in [1.29, 1.82) is 0 Å². The summed E-state index contributed by atoms with van der Waals surface area (Å²) in [6, 6.07) is 5.76. The number of carbonyl (C=O) groups is 2. The van der Waals surface area contributed by atoms with Crippen molar-refractivity contribution >= 4 is 17.5 Å². The highest BCUT2D eigenvalue weighted by Gasteiger charge is 2.44. The van der Waals surface area contributed by atoms with Gasteiger partial charge in [-0.3, -0.25) is 14.5 Å². The molecule has 1 saturated carbocycles. The van der Waals surface area contributed by atoms with Crippen LogP contribution in [0.25, 0.3) is 0 Å². The molecule has 2 unspecified atom stereocenters. The van der Waals surface area contributed by atoms with E-state index in [1.807, 2.05) is 36.9 Å². The van der Waals surface area contributed by atoms with Crippen LogP contribution < -0.4 is 5.32 Å². The van der Waals surface area contributed by atoms with E-state index < -0.39 is 18.0 Å². The number of nitrogens with one attached hydrogen (secondary N) is 1. The first kappa shape index (κ1) is 22.6. The van der Waals surface area contributed by atoms with Gasteiger partial charge in [-0.15, -0.1) is 0 Å². The molecule has 30 heavy (non-hydrogen) atoms. The average Bonchev–Trinajstić information content (AvgIpc) is 2.71. The first-order chi connectivity index (χ1) is 14.1. The zero-order chi connectivity index (χ0) is 21.9. The number of aryl methyl sites for hydroxylation is 1. The molecule has 0 radical (unpaired) electrons. The van der Waals surface area contributed by atoms with Gasteiger partial charge in [-0.1, -0.05) is 18.6 Å². The Morgan fingerprint density at radius 1 is 1.10 bits per heavy atom.